The summed E-state index contributed by atoms with van der Waals surface area (Å²) in [5, 5.41) is 4.37. The molecule has 0 saturated heterocycles. The summed E-state index contributed by atoms with van der Waals surface area (Å²) >= 11 is 6.04. The minimum absolute atomic E-state index is 0.0434. The fraction of sp³-hybridized carbons (Fsp3) is 0.333. The molecule has 0 spiro atoms. The van der Waals surface area contributed by atoms with Crippen LogP contribution in [0.2, 0.25) is 5.02 Å². The van der Waals surface area contributed by atoms with Crippen LogP contribution in [-0.4, -0.2) is 30.9 Å². The van der Waals surface area contributed by atoms with Crippen molar-refractivity contribution in [3.05, 3.63) is 35.2 Å². The van der Waals surface area contributed by atoms with Gasteiger partial charge in [-0.15, -0.1) is 0 Å². The zero-order valence-electron chi connectivity index (χ0n) is 10.8. The highest BCUT2D eigenvalue weighted by atomic mass is 35.5. The monoisotopic (exact) mass is 315 g/mol. The van der Waals surface area contributed by atoms with Crippen molar-refractivity contribution in [2.45, 2.75) is 13.3 Å². The van der Waals surface area contributed by atoms with Gasteiger partial charge in [0.15, 0.2) is 0 Å². The Balaban J connectivity index is 2.02. The molecular weight excluding hydrogens is 302 g/mol. The van der Waals surface area contributed by atoms with E-state index in [1.807, 2.05) is 12.1 Å². The number of benzene rings is 1. The fourth-order valence-corrected chi connectivity index (χ4v) is 2.36. The van der Waals surface area contributed by atoms with Gasteiger partial charge in [0.25, 0.3) is 0 Å². The summed E-state index contributed by atoms with van der Waals surface area (Å²) < 4.78 is 30.0. The molecule has 0 atom stereocenters. The van der Waals surface area contributed by atoms with Crippen LogP contribution in [0.15, 0.2) is 28.8 Å². The van der Waals surface area contributed by atoms with E-state index in [2.05, 4.69) is 14.9 Å². The second-order valence-corrected chi connectivity index (χ2v) is 6.54. The lowest BCUT2D eigenvalue weighted by molar-refractivity contribution is 0.379. The number of hydrogen-bond acceptors (Lipinski definition) is 5. The van der Waals surface area contributed by atoms with Crippen LogP contribution in [0.3, 0.4) is 0 Å². The molecular formula is C12H14ClN3O3S. The number of hydrogen-bond donors (Lipinski definition) is 1. The first-order valence-electron chi connectivity index (χ1n) is 6.06. The van der Waals surface area contributed by atoms with Gasteiger partial charge in [0.1, 0.15) is 0 Å². The number of halogens is 1. The molecule has 1 N–H and O–H groups in total. The molecule has 0 radical (unpaired) electrons. The lowest BCUT2D eigenvalue weighted by atomic mass is 10.2. The number of rotatable bonds is 6. The van der Waals surface area contributed by atoms with Gasteiger partial charge < -0.3 is 4.52 Å². The van der Waals surface area contributed by atoms with E-state index >= 15 is 0 Å². The van der Waals surface area contributed by atoms with Crippen LogP contribution in [0.4, 0.5) is 0 Å². The van der Waals surface area contributed by atoms with Crippen LogP contribution >= 0.6 is 11.6 Å². The first-order chi connectivity index (χ1) is 9.52. The summed E-state index contributed by atoms with van der Waals surface area (Å²) in [6.45, 7) is 1.80. The van der Waals surface area contributed by atoms with Gasteiger partial charge in [0, 0.05) is 18.5 Å². The maximum atomic E-state index is 11.3. The highest BCUT2D eigenvalue weighted by Gasteiger charge is 2.12. The zero-order valence-corrected chi connectivity index (χ0v) is 12.4. The zero-order chi connectivity index (χ0) is 14.6. The largest absolute Gasteiger partial charge is 0.339 e. The topological polar surface area (TPSA) is 85.1 Å². The van der Waals surface area contributed by atoms with Gasteiger partial charge in [0.05, 0.1) is 10.8 Å². The van der Waals surface area contributed by atoms with E-state index in [1.165, 1.54) is 0 Å². The minimum atomic E-state index is -3.20. The molecule has 2 rings (SSSR count). The Labute approximate surface area is 122 Å². The van der Waals surface area contributed by atoms with Crippen molar-refractivity contribution in [1.29, 1.82) is 0 Å². The van der Waals surface area contributed by atoms with Gasteiger partial charge >= 0.3 is 0 Å². The first kappa shape index (κ1) is 15.0. The molecule has 0 unspecified atom stereocenters. The molecule has 1 aromatic heterocycles. The van der Waals surface area contributed by atoms with Crippen LogP contribution in [0.5, 0.6) is 0 Å². The first-order valence-corrected chi connectivity index (χ1v) is 8.09. The Bertz CT molecular complexity index is 685. The van der Waals surface area contributed by atoms with Gasteiger partial charge in [-0.2, -0.15) is 4.98 Å². The summed E-state index contributed by atoms with van der Waals surface area (Å²) in [5.41, 5.74) is 0.679. The lowest BCUT2D eigenvalue weighted by Gasteiger charge is -2.00. The third-order valence-corrected chi connectivity index (χ3v) is 4.36. The molecule has 8 heteroatoms. The number of nitrogens with one attached hydrogen (secondary N) is 1. The molecule has 20 heavy (non-hydrogen) atoms. The molecule has 0 saturated carbocycles. The highest BCUT2D eigenvalue weighted by Crippen LogP contribution is 2.24. The molecule has 0 aliphatic carbocycles. The van der Waals surface area contributed by atoms with Crippen molar-refractivity contribution in [2.75, 3.05) is 12.3 Å². The standard InChI is InChI=1S/C12H14ClN3O3S/c1-2-20(17,18)14-8-7-11-15-12(16-19-11)9-5-3-4-6-10(9)13/h3-6,14H,2,7-8H2,1H3. The molecule has 1 heterocycles. The summed E-state index contributed by atoms with van der Waals surface area (Å²) in [5.74, 6) is 0.796. The van der Waals surface area contributed by atoms with Crippen LogP contribution < -0.4 is 4.72 Å². The van der Waals surface area contributed by atoms with E-state index in [-0.39, 0.29) is 12.3 Å². The minimum Gasteiger partial charge on any atom is -0.339 e. The van der Waals surface area contributed by atoms with Crippen LogP contribution in [0.1, 0.15) is 12.8 Å². The van der Waals surface area contributed by atoms with Gasteiger partial charge in [-0.05, 0) is 19.1 Å². The SMILES string of the molecule is CCS(=O)(=O)NCCc1nc(-c2ccccc2Cl)no1. The van der Waals surface area contributed by atoms with Gasteiger partial charge in [0.2, 0.25) is 21.7 Å². The predicted octanol–water partition coefficient (Wildman–Crippen LogP) is 1.87. The smallest absolute Gasteiger partial charge is 0.228 e. The van der Waals surface area contributed by atoms with Gasteiger partial charge in [-0.25, -0.2) is 13.1 Å². The van der Waals surface area contributed by atoms with Gasteiger partial charge in [-0.1, -0.05) is 28.9 Å². The Morgan fingerprint density at radius 3 is 2.80 bits per heavy atom. The summed E-state index contributed by atoms with van der Waals surface area (Å²) in [4.78, 5) is 4.19. The second kappa shape index (κ2) is 6.34. The van der Waals surface area contributed by atoms with Crippen molar-refractivity contribution in [2.24, 2.45) is 0 Å². The molecule has 6 nitrogen and oxygen atoms in total. The van der Waals surface area contributed by atoms with E-state index in [1.54, 1.807) is 19.1 Å². The quantitative estimate of drug-likeness (QED) is 0.879. The molecule has 0 aliphatic heterocycles. The molecule has 0 bridgehead atoms. The number of aromatic nitrogens is 2. The predicted molar refractivity (Wildman–Crippen MR) is 75.9 cm³/mol. The third kappa shape index (κ3) is 3.78. The summed E-state index contributed by atoms with van der Waals surface area (Å²) in [6, 6.07) is 7.16. The van der Waals surface area contributed by atoms with Crippen molar-refractivity contribution in [3.8, 4) is 11.4 Å². The van der Waals surface area contributed by atoms with Crippen LogP contribution in [0, 0.1) is 0 Å². The maximum absolute atomic E-state index is 11.3. The van der Waals surface area contributed by atoms with E-state index in [9.17, 15) is 8.42 Å². The van der Waals surface area contributed by atoms with Crippen molar-refractivity contribution < 1.29 is 12.9 Å². The Kier molecular flexibility index (Phi) is 4.74. The molecule has 0 amide bonds. The molecule has 1 aromatic carbocycles. The van der Waals surface area contributed by atoms with E-state index in [0.717, 1.165) is 0 Å². The Morgan fingerprint density at radius 2 is 2.10 bits per heavy atom. The van der Waals surface area contributed by atoms with Crippen LogP contribution in [0.25, 0.3) is 11.4 Å². The van der Waals surface area contributed by atoms with Gasteiger partial charge in [-0.3, -0.25) is 0 Å². The lowest BCUT2D eigenvalue weighted by Crippen LogP contribution is -2.27. The van der Waals surface area contributed by atoms with E-state index < -0.39 is 10.0 Å². The highest BCUT2D eigenvalue weighted by molar-refractivity contribution is 7.89. The average Bonchev–Trinajstić information content (AvgIpc) is 2.88. The Hall–Kier alpha value is -1.44. The second-order valence-electron chi connectivity index (χ2n) is 4.04. The van der Waals surface area contributed by atoms with Crippen molar-refractivity contribution in [3.63, 3.8) is 0 Å². The van der Waals surface area contributed by atoms with E-state index in [4.69, 9.17) is 16.1 Å². The normalized spacial score (nSPS) is 11.7. The maximum Gasteiger partial charge on any atom is 0.228 e. The van der Waals surface area contributed by atoms with Crippen molar-refractivity contribution >= 4 is 21.6 Å². The van der Waals surface area contributed by atoms with Crippen molar-refractivity contribution in [1.82, 2.24) is 14.9 Å². The molecule has 0 aliphatic rings. The molecule has 2 aromatic rings. The average molecular weight is 316 g/mol. The Morgan fingerprint density at radius 1 is 1.35 bits per heavy atom. The van der Waals surface area contributed by atoms with Crippen LogP contribution in [-0.2, 0) is 16.4 Å². The number of nitrogens with zero attached hydrogens (tertiary/aromatic N) is 2. The summed E-state index contributed by atoms with van der Waals surface area (Å²) in [7, 11) is -3.20. The number of sulfonamides is 1. The summed E-state index contributed by atoms with van der Waals surface area (Å²) in [6.07, 6.45) is 0.330. The third-order valence-electron chi connectivity index (χ3n) is 2.62. The molecule has 108 valence electrons. The fourth-order valence-electron chi connectivity index (χ4n) is 1.52. The van der Waals surface area contributed by atoms with E-state index in [0.29, 0.717) is 28.7 Å². The molecule has 0 fully saturated rings.